The molecule has 0 N–H and O–H groups in total. The van der Waals surface area contributed by atoms with Crippen molar-refractivity contribution in [3.8, 4) is 23.0 Å². The van der Waals surface area contributed by atoms with E-state index in [1.54, 1.807) is 16.8 Å². The van der Waals surface area contributed by atoms with Crippen molar-refractivity contribution in [3.63, 3.8) is 0 Å². The highest BCUT2D eigenvalue weighted by molar-refractivity contribution is 7.89. The van der Waals surface area contributed by atoms with Gasteiger partial charge < -0.3 is 4.42 Å². The summed E-state index contributed by atoms with van der Waals surface area (Å²) in [7, 11) is -1.50. The van der Waals surface area contributed by atoms with Crippen LogP contribution in [0.5, 0.6) is 0 Å². The maximum Gasteiger partial charge on any atom is 0.268 e. The van der Waals surface area contributed by atoms with Gasteiger partial charge in [-0.2, -0.15) is 9.40 Å². The molecule has 0 saturated carbocycles. The molecule has 0 amide bonds. The second kappa shape index (κ2) is 7.10. The van der Waals surface area contributed by atoms with Crippen LogP contribution in [0.3, 0.4) is 0 Å². The van der Waals surface area contributed by atoms with Crippen molar-refractivity contribution >= 4 is 10.0 Å². The first-order chi connectivity index (χ1) is 13.4. The second-order valence-electron chi connectivity index (χ2n) is 6.72. The number of rotatable bonds is 5. The zero-order valence-electron chi connectivity index (χ0n) is 15.6. The third-order valence-electron chi connectivity index (χ3n) is 4.78. The predicted octanol–water partition coefficient (Wildman–Crippen LogP) is 2.37. The van der Waals surface area contributed by atoms with Gasteiger partial charge in [-0.3, -0.25) is 4.68 Å². The Morgan fingerprint density at radius 1 is 1.18 bits per heavy atom. The summed E-state index contributed by atoms with van der Waals surface area (Å²) in [6.45, 7) is 2.51. The van der Waals surface area contributed by atoms with Crippen LogP contribution in [0.25, 0.3) is 23.0 Å². The van der Waals surface area contributed by atoms with E-state index >= 15 is 0 Å². The summed E-state index contributed by atoms with van der Waals surface area (Å²) in [5.74, 6) is 0.231. The van der Waals surface area contributed by atoms with Crippen LogP contribution in [0.4, 0.5) is 4.39 Å². The Morgan fingerprint density at radius 3 is 2.61 bits per heavy atom. The number of sulfonamides is 1. The van der Waals surface area contributed by atoms with Crippen LogP contribution < -0.4 is 0 Å². The molecule has 2 aromatic heterocycles. The Morgan fingerprint density at radius 2 is 1.89 bits per heavy atom. The van der Waals surface area contributed by atoms with Crippen molar-refractivity contribution in [1.82, 2.24) is 24.3 Å². The van der Waals surface area contributed by atoms with E-state index in [9.17, 15) is 12.8 Å². The average molecular weight is 405 g/mol. The van der Waals surface area contributed by atoms with Gasteiger partial charge in [0.15, 0.2) is 5.69 Å². The normalized spacial score (nSPS) is 15.0. The first kappa shape index (κ1) is 18.8. The van der Waals surface area contributed by atoms with E-state index in [4.69, 9.17) is 4.42 Å². The molecule has 0 bridgehead atoms. The van der Waals surface area contributed by atoms with Gasteiger partial charge >= 0.3 is 0 Å². The molecule has 4 rings (SSSR count). The lowest BCUT2D eigenvalue weighted by Crippen LogP contribution is -2.37. The quantitative estimate of drug-likeness (QED) is 0.647. The van der Waals surface area contributed by atoms with Crippen molar-refractivity contribution in [1.29, 1.82) is 0 Å². The minimum atomic E-state index is -3.31. The summed E-state index contributed by atoms with van der Waals surface area (Å²) >= 11 is 0. The van der Waals surface area contributed by atoms with Crippen molar-refractivity contribution in [2.75, 3.05) is 12.3 Å². The van der Waals surface area contributed by atoms with E-state index in [2.05, 4.69) is 15.3 Å². The van der Waals surface area contributed by atoms with Crippen LogP contribution >= 0.6 is 0 Å². The molecular formula is C18H20FN5O3S. The Labute approximate surface area is 162 Å². The van der Waals surface area contributed by atoms with E-state index in [1.807, 2.05) is 14.0 Å². The lowest BCUT2D eigenvalue weighted by molar-refractivity contribution is 0.385. The van der Waals surface area contributed by atoms with Crippen LogP contribution in [-0.4, -0.2) is 45.0 Å². The highest BCUT2D eigenvalue weighted by Gasteiger charge is 2.32. The van der Waals surface area contributed by atoms with Crippen molar-refractivity contribution in [2.45, 2.75) is 26.3 Å². The smallest absolute Gasteiger partial charge is 0.268 e. The zero-order chi connectivity index (χ0) is 19.9. The molecule has 3 heterocycles. The third kappa shape index (κ3) is 3.33. The van der Waals surface area contributed by atoms with E-state index in [0.717, 1.165) is 11.3 Å². The zero-order valence-corrected chi connectivity index (χ0v) is 16.4. The van der Waals surface area contributed by atoms with Crippen LogP contribution in [0.1, 0.15) is 24.6 Å². The van der Waals surface area contributed by atoms with Gasteiger partial charge in [0.05, 0.1) is 5.75 Å². The molecule has 0 saturated heterocycles. The number of aryl methyl sites for hydroxylation is 1. The molecular weight excluding hydrogens is 385 g/mol. The Kier molecular flexibility index (Phi) is 4.76. The predicted molar refractivity (Wildman–Crippen MR) is 100 cm³/mol. The largest absolute Gasteiger partial charge is 0.415 e. The van der Waals surface area contributed by atoms with Crippen molar-refractivity contribution < 1.29 is 17.2 Å². The van der Waals surface area contributed by atoms with Gasteiger partial charge in [-0.05, 0) is 30.7 Å². The van der Waals surface area contributed by atoms with Gasteiger partial charge in [-0.15, -0.1) is 10.2 Å². The van der Waals surface area contributed by atoms with Crippen LogP contribution in [0, 0.1) is 5.82 Å². The number of hydrogen-bond acceptors (Lipinski definition) is 6. The first-order valence-corrected chi connectivity index (χ1v) is 10.6. The summed E-state index contributed by atoms with van der Waals surface area (Å²) in [6, 6.07) is 5.75. The molecule has 0 radical (unpaired) electrons. The highest BCUT2D eigenvalue weighted by Crippen LogP contribution is 2.31. The molecule has 8 nitrogen and oxygen atoms in total. The maximum absolute atomic E-state index is 13.1. The summed E-state index contributed by atoms with van der Waals surface area (Å²) in [6.07, 6.45) is 1.14. The molecule has 28 heavy (non-hydrogen) atoms. The Bertz CT molecular complexity index is 1100. The molecule has 0 spiro atoms. The van der Waals surface area contributed by atoms with Gasteiger partial charge in [0.2, 0.25) is 15.9 Å². The fourth-order valence-electron chi connectivity index (χ4n) is 3.39. The van der Waals surface area contributed by atoms with Gasteiger partial charge in [0.25, 0.3) is 5.89 Å². The SMILES string of the molecule is CCCS(=O)(=O)N1CCc2c(c(-c3nnc(-c4ccc(F)cc4)o3)nn2C)C1. The molecule has 148 valence electrons. The molecule has 1 aromatic carbocycles. The number of nitrogens with zero attached hydrogens (tertiary/aromatic N) is 5. The van der Waals surface area contributed by atoms with Crippen LogP contribution in [0.15, 0.2) is 28.7 Å². The van der Waals surface area contributed by atoms with E-state index in [1.165, 1.54) is 16.4 Å². The molecule has 0 fully saturated rings. The number of aromatic nitrogens is 4. The summed E-state index contributed by atoms with van der Waals surface area (Å²) < 4.78 is 47.1. The van der Waals surface area contributed by atoms with Gasteiger partial charge in [0.1, 0.15) is 5.82 Å². The summed E-state index contributed by atoms with van der Waals surface area (Å²) in [5.41, 5.74) is 2.81. The molecule has 3 aromatic rings. The lowest BCUT2D eigenvalue weighted by Gasteiger charge is -2.26. The molecule has 10 heteroatoms. The van der Waals surface area contributed by atoms with Crippen molar-refractivity contribution in [3.05, 3.63) is 41.3 Å². The minimum Gasteiger partial charge on any atom is -0.415 e. The number of fused-ring (bicyclic) bond motifs is 1. The third-order valence-corrected chi connectivity index (χ3v) is 6.80. The van der Waals surface area contributed by atoms with Gasteiger partial charge in [0, 0.05) is 43.4 Å². The van der Waals surface area contributed by atoms with Gasteiger partial charge in [-0.1, -0.05) is 6.92 Å². The molecule has 0 atom stereocenters. The lowest BCUT2D eigenvalue weighted by atomic mass is 10.1. The molecule has 0 aliphatic carbocycles. The number of hydrogen-bond donors (Lipinski definition) is 0. The van der Waals surface area contributed by atoms with Gasteiger partial charge in [-0.25, -0.2) is 12.8 Å². The minimum absolute atomic E-state index is 0.118. The van der Waals surface area contributed by atoms with E-state index in [-0.39, 0.29) is 29.9 Å². The first-order valence-electron chi connectivity index (χ1n) is 9.01. The summed E-state index contributed by atoms with van der Waals surface area (Å²) in [5, 5.41) is 12.6. The van der Waals surface area contributed by atoms with Crippen molar-refractivity contribution in [2.24, 2.45) is 7.05 Å². The second-order valence-corrected chi connectivity index (χ2v) is 8.80. The van der Waals surface area contributed by atoms with Crippen LogP contribution in [0.2, 0.25) is 0 Å². The Balaban J connectivity index is 1.69. The monoisotopic (exact) mass is 405 g/mol. The van der Waals surface area contributed by atoms with E-state index in [0.29, 0.717) is 30.6 Å². The highest BCUT2D eigenvalue weighted by atomic mass is 32.2. The molecule has 0 unspecified atom stereocenters. The fourth-order valence-corrected chi connectivity index (χ4v) is 4.86. The molecule has 1 aliphatic rings. The Hall–Kier alpha value is -2.59. The van der Waals surface area contributed by atoms with E-state index < -0.39 is 10.0 Å². The molecule has 1 aliphatic heterocycles. The fraction of sp³-hybridized carbons (Fsp3) is 0.389. The number of benzene rings is 1. The number of halogens is 1. The average Bonchev–Trinajstić information content (AvgIpc) is 3.27. The standard InChI is InChI=1S/C18H20FN5O3S/c1-3-10-28(25,26)24-9-8-15-14(11-24)16(22-23(15)2)18-21-20-17(27-18)12-4-6-13(19)7-5-12/h4-7H,3,8-11H2,1-2H3. The topological polar surface area (TPSA) is 94.1 Å². The van der Waals surface area contributed by atoms with Crippen LogP contribution in [-0.2, 0) is 30.0 Å². The maximum atomic E-state index is 13.1. The summed E-state index contributed by atoms with van der Waals surface area (Å²) in [4.78, 5) is 0.